The van der Waals surface area contributed by atoms with Gasteiger partial charge in [-0.25, -0.2) is 9.37 Å². The lowest BCUT2D eigenvalue weighted by molar-refractivity contribution is -0.121. The molecule has 1 unspecified atom stereocenters. The van der Waals surface area contributed by atoms with Gasteiger partial charge in [0.1, 0.15) is 5.82 Å². The molecule has 1 atom stereocenters. The van der Waals surface area contributed by atoms with Crippen molar-refractivity contribution in [3.8, 4) is 0 Å². The Hall–Kier alpha value is -3.54. The maximum Gasteiger partial charge on any atom is 0.255 e. The molecule has 6 heteroatoms. The number of carbonyl (C=O) groups is 2. The Labute approximate surface area is 192 Å². The number of hydrogen-bond donors (Lipinski definition) is 1. The summed E-state index contributed by atoms with van der Waals surface area (Å²) in [6, 6.07) is 14.0. The van der Waals surface area contributed by atoms with Crippen LogP contribution in [-0.4, -0.2) is 40.8 Å². The summed E-state index contributed by atoms with van der Waals surface area (Å²) in [6.45, 7) is 2.86. The maximum absolute atomic E-state index is 14.0. The second-order valence-electron chi connectivity index (χ2n) is 8.81. The molecule has 5 nitrogen and oxygen atoms in total. The summed E-state index contributed by atoms with van der Waals surface area (Å²) in [6.07, 6.45) is 4.88. The van der Waals surface area contributed by atoms with E-state index in [9.17, 15) is 14.0 Å². The molecule has 1 saturated heterocycles. The minimum atomic E-state index is -0.266. The van der Waals surface area contributed by atoms with Crippen molar-refractivity contribution in [2.24, 2.45) is 0 Å². The van der Waals surface area contributed by atoms with Crippen LogP contribution in [0.2, 0.25) is 0 Å². The van der Waals surface area contributed by atoms with Crippen molar-refractivity contribution in [3.63, 3.8) is 0 Å². The SMILES string of the molecule is CC1CC(=O)NCCN1C(=O)c1c2c(nc3ccccc13)/C(=C\c1ccc(F)cc1)CCC2. The van der Waals surface area contributed by atoms with Crippen molar-refractivity contribution in [2.45, 2.75) is 38.6 Å². The number of benzene rings is 2. The molecule has 0 saturated carbocycles. The molecule has 2 heterocycles. The van der Waals surface area contributed by atoms with Gasteiger partial charge in [0.2, 0.25) is 5.91 Å². The minimum absolute atomic E-state index is 0.0241. The topological polar surface area (TPSA) is 62.3 Å². The molecule has 33 heavy (non-hydrogen) atoms. The third-order valence-electron chi connectivity index (χ3n) is 6.54. The number of halogens is 1. The van der Waals surface area contributed by atoms with Gasteiger partial charge in [0, 0.05) is 30.9 Å². The summed E-state index contributed by atoms with van der Waals surface area (Å²) in [7, 11) is 0. The number of rotatable bonds is 2. The molecule has 2 amide bonds. The molecule has 0 spiro atoms. The Morgan fingerprint density at radius 2 is 1.94 bits per heavy atom. The highest BCUT2D eigenvalue weighted by atomic mass is 19.1. The zero-order chi connectivity index (χ0) is 22.9. The summed E-state index contributed by atoms with van der Waals surface area (Å²) in [5, 5.41) is 3.72. The van der Waals surface area contributed by atoms with Gasteiger partial charge in [0.05, 0.1) is 16.8 Å². The van der Waals surface area contributed by atoms with Gasteiger partial charge in [-0.2, -0.15) is 0 Å². The number of amides is 2. The van der Waals surface area contributed by atoms with Gasteiger partial charge >= 0.3 is 0 Å². The van der Waals surface area contributed by atoms with E-state index in [0.29, 0.717) is 25.1 Å². The first-order valence-electron chi connectivity index (χ1n) is 11.5. The number of pyridine rings is 1. The highest BCUT2D eigenvalue weighted by Gasteiger charge is 2.31. The van der Waals surface area contributed by atoms with E-state index >= 15 is 0 Å². The lowest BCUT2D eigenvalue weighted by Gasteiger charge is -2.29. The van der Waals surface area contributed by atoms with Gasteiger partial charge in [-0.3, -0.25) is 9.59 Å². The first-order valence-corrected chi connectivity index (χ1v) is 11.5. The van der Waals surface area contributed by atoms with Crippen LogP contribution in [0, 0.1) is 5.82 Å². The van der Waals surface area contributed by atoms with E-state index in [4.69, 9.17) is 4.98 Å². The molecule has 0 radical (unpaired) electrons. The van der Waals surface area contributed by atoms with Gasteiger partial charge in [-0.15, -0.1) is 0 Å². The van der Waals surface area contributed by atoms with Crippen LogP contribution in [0.4, 0.5) is 4.39 Å². The zero-order valence-corrected chi connectivity index (χ0v) is 18.6. The van der Waals surface area contributed by atoms with Crippen molar-refractivity contribution in [2.75, 3.05) is 13.1 Å². The van der Waals surface area contributed by atoms with Gasteiger partial charge in [-0.05, 0) is 67.2 Å². The summed E-state index contributed by atoms with van der Waals surface area (Å²) in [4.78, 5) is 32.7. The molecular formula is C27H26FN3O2. The van der Waals surface area contributed by atoms with Crippen LogP contribution < -0.4 is 5.32 Å². The fraction of sp³-hybridized carbons (Fsp3) is 0.296. The Bertz CT molecular complexity index is 1270. The monoisotopic (exact) mass is 443 g/mol. The predicted octanol–water partition coefficient (Wildman–Crippen LogP) is 4.60. The molecule has 1 fully saturated rings. The average molecular weight is 444 g/mol. The number of para-hydroxylation sites is 1. The van der Waals surface area contributed by atoms with E-state index < -0.39 is 0 Å². The lowest BCUT2D eigenvalue weighted by Crippen LogP contribution is -2.40. The summed E-state index contributed by atoms with van der Waals surface area (Å²) >= 11 is 0. The molecular weight excluding hydrogens is 417 g/mol. The minimum Gasteiger partial charge on any atom is -0.354 e. The summed E-state index contributed by atoms with van der Waals surface area (Å²) in [5.41, 5.74) is 5.26. The van der Waals surface area contributed by atoms with Crippen LogP contribution in [0.3, 0.4) is 0 Å². The standard InChI is InChI=1S/C27H26FN3O2/c1-17-15-24(32)29-13-14-31(17)27(33)25-21-6-2-3-8-23(21)30-26-19(5-4-7-22(25)26)16-18-9-11-20(28)12-10-18/h2-3,6,8-12,16-17H,4-5,7,13-15H2,1H3,(H,29,32)/b19-16-. The number of fused-ring (bicyclic) bond motifs is 2. The maximum atomic E-state index is 14.0. The highest BCUT2D eigenvalue weighted by Crippen LogP contribution is 2.37. The van der Waals surface area contributed by atoms with Crippen LogP contribution in [-0.2, 0) is 11.2 Å². The Kier molecular flexibility index (Phi) is 5.67. The van der Waals surface area contributed by atoms with Crippen molar-refractivity contribution < 1.29 is 14.0 Å². The van der Waals surface area contributed by atoms with E-state index in [1.807, 2.05) is 42.2 Å². The van der Waals surface area contributed by atoms with Gasteiger partial charge < -0.3 is 10.2 Å². The first-order chi connectivity index (χ1) is 16.0. The zero-order valence-electron chi connectivity index (χ0n) is 18.6. The third-order valence-corrected chi connectivity index (χ3v) is 6.54. The Morgan fingerprint density at radius 3 is 2.76 bits per heavy atom. The van der Waals surface area contributed by atoms with Crippen LogP contribution >= 0.6 is 0 Å². The molecule has 2 aromatic carbocycles. The average Bonchev–Trinajstić information content (AvgIpc) is 2.98. The van der Waals surface area contributed by atoms with E-state index in [1.165, 1.54) is 12.1 Å². The van der Waals surface area contributed by atoms with Crippen LogP contribution in [0.1, 0.15) is 53.4 Å². The number of carbonyl (C=O) groups excluding carboxylic acids is 2. The molecule has 0 bridgehead atoms. The van der Waals surface area contributed by atoms with Crippen LogP contribution in [0.5, 0.6) is 0 Å². The molecule has 3 aromatic rings. The van der Waals surface area contributed by atoms with E-state index in [-0.39, 0.29) is 23.7 Å². The largest absolute Gasteiger partial charge is 0.354 e. The second kappa shape index (κ2) is 8.77. The number of hydrogen-bond acceptors (Lipinski definition) is 3. The number of aromatic nitrogens is 1. The smallest absolute Gasteiger partial charge is 0.255 e. The lowest BCUT2D eigenvalue weighted by atomic mass is 9.85. The fourth-order valence-electron chi connectivity index (χ4n) is 4.91. The number of nitrogens with one attached hydrogen (secondary N) is 1. The molecule has 1 aliphatic carbocycles. The molecule has 1 aromatic heterocycles. The molecule has 2 aliphatic rings. The van der Waals surface area contributed by atoms with Crippen molar-refractivity contribution in [1.29, 1.82) is 0 Å². The quantitative estimate of drug-likeness (QED) is 0.630. The molecule has 1 N–H and O–H groups in total. The van der Waals surface area contributed by atoms with E-state index in [1.54, 1.807) is 12.1 Å². The molecule has 1 aliphatic heterocycles. The second-order valence-corrected chi connectivity index (χ2v) is 8.81. The molecule has 5 rings (SSSR count). The normalized spacial score (nSPS) is 19.8. The van der Waals surface area contributed by atoms with E-state index in [2.05, 4.69) is 5.32 Å². The fourth-order valence-corrected chi connectivity index (χ4v) is 4.91. The van der Waals surface area contributed by atoms with Crippen LogP contribution in [0.15, 0.2) is 48.5 Å². The summed E-state index contributed by atoms with van der Waals surface area (Å²) < 4.78 is 13.4. The van der Waals surface area contributed by atoms with Gasteiger partial charge in [0.15, 0.2) is 0 Å². The van der Waals surface area contributed by atoms with Gasteiger partial charge in [-0.1, -0.05) is 30.3 Å². The van der Waals surface area contributed by atoms with Crippen molar-refractivity contribution >= 4 is 34.4 Å². The van der Waals surface area contributed by atoms with E-state index in [0.717, 1.165) is 52.6 Å². The Morgan fingerprint density at radius 1 is 1.15 bits per heavy atom. The summed E-state index contributed by atoms with van der Waals surface area (Å²) in [5.74, 6) is -0.335. The number of allylic oxidation sites excluding steroid dienone is 1. The predicted molar refractivity (Wildman–Crippen MR) is 127 cm³/mol. The Balaban J connectivity index is 1.66. The third kappa shape index (κ3) is 4.13. The highest BCUT2D eigenvalue weighted by molar-refractivity contribution is 6.09. The van der Waals surface area contributed by atoms with Crippen molar-refractivity contribution in [3.05, 3.63) is 76.7 Å². The molecule has 168 valence electrons. The first kappa shape index (κ1) is 21.3. The van der Waals surface area contributed by atoms with Gasteiger partial charge in [0.25, 0.3) is 5.91 Å². The van der Waals surface area contributed by atoms with Crippen LogP contribution in [0.25, 0.3) is 22.6 Å². The van der Waals surface area contributed by atoms with Crippen molar-refractivity contribution in [1.82, 2.24) is 15.2 Å². The number of nitrogens with zero attached hydrogens (tertiary/aromatic N) is 2.